The summed E-state index contributed by atoms with van der Waals surface area (Å²) in [5, 5.41) is 7.04. The van der Waals surface area contributed by atoms with Crippen molar-refractivity contribution < 1.29 is 4.42 Å². The number of anilines is 6. The molecular weight excluding hydrogens is 863 g/mol. The quantitative estimate of drug-likeness (QED) is 0.159. The number of aromatic nitrogens is 1. The van der Waals surface area contributed by atoms with Gasteiger partial charge in [-0.3, -0.25) is 0 Å². The fourth-order valence-electron chi connectivity index (χ4n) is 10.8. The maximum atomic E-state index is 7.19. The van der Waals surface area contributed by atoms with Crippen LogP contribution in [0, 0.1) is 6.92 Å². The second-order valence-electron chi connectivity index (χ2n) is 22.9. The van der Waals surface area contributed by atoms with Crippen LogP contribution >= 0.6 is 0 Å². The van der Waals surface area contributed by atoms with Crippen LogP contribution in [0.15, 0.2) is 192 Å². The summed E-state index contributed by atoms with van der Waals surface area (Å²) in [6.45, 7) is 22.7. The molecule has 0 saturated carbocycles. The summed E-state index contributed by atoms with van der Waals surface area (Å²) in [5.41, 5.74) is 19.4. The van der Waals surface area contributed by atoms with Crippen molar-refractivity contribution in [1.82, 2.24) is 4.40 Å². The molecule has 0 fully saturated rings. The first-order valence-electron chi connectivity index (χ1n) is 25.2. The molecule has 4 heteroatoms. The highest BCUT2D eigenvalue weighted by Crippen LogP contribution is 2.48. The first-order valence-corrected chi connectivity index (χ1v) is 25.2. The van der Waals surface area contributed by atoms with E-state index in [4.69, 9.17) is 4.42 Å². The van der Waals surface area contributed by atoms with Gasteiger partial charge < -0.3 is 18.6 Å². The van der Waals surface area contributed by atoms with Crippen molar-refractivity contribution in [3.63, 3.8) is 0 Å². The molecule has 350 valence electrons. The van der Waals surface area contributed by atoms with Gasteiger partial charge in [-0.05, 0) is 159 Å². The van der Waals surface area contributed by atoms with Crippen molar-refractivity contribution in [2.75, 3.05) is 9.80 Å². The van der Waals surface area contributed by atoms with Gasteiger partial charge in [0.15, 0.2) is 5.58 Å². The third-order valence-corrected chi connectivity index (χ3v) is 14.8. The zero-order chi connectivity index (χ0) is 49.1. The fourth-order valence-corrected chi connectivity index (χ4v) is 10.8. The molecular formula is C67H61N3O. The van der Waals surface area contributed by atoms with Crippen LogP contribution in [-0.4, -0.2) is 4.40 Å². The summed E-state index contributed by atoms with van der Waals surface area (Å²) in [6, 6.07) is 70.0. The lowest BCUT2D eigenvalue weighted by molar-refractivity contribution is 0.590. The molecule has 9 aromatic carbocycles. The van der Waals surface area contributed by atoms with Gasteiger partial charge in [-0.25, -0.2) is 0 Å². The lowest BCUT2D eigenvalue weighted by Gasteiger charge is -2.29. The van der Waals surface area contributed by atoms with E-state index < -0.39 is 0 Å². The van der Waals surface area contributed by atoms with Gasteiger partial charge in [0.25, 0.3) is 0 Å². The Morgan fingerprint density at radius 3 is 1.54 bits per heavy atom. The van der Waals surface area contributed by atoms with Gasteiger partial charge in [0.1, 0.15) is 11.1 Å². The highest BCUT2D eigenvalue weighted by atomic mass is 16.3. The standard InChI is InChI=1S/C67H61N3O/c1-42-22-27-50(28-23-42)69(53-21-15-19-49(40-53)67(8,9)10)55-32-33-56-61(41-55)71-64-59-37-46(43-16-12-11-13-17-43)36-58-57-35-44-24-29-54(34-45(44)38-60(57)70(62(58)59)63(56)64)68(51-30-25-47(26-31-51)65(2,3)4)52-20-14-18-48(39-52)66(5,6)7/h11-41H,1-10H3. The molecule has 0 radical (unpaired) electrons. The van der Waals surface area contributed by atoms with E-state index in [2.05, 4.69) is 271 Å². The molecule has 71 heavy (non-hydrogen) atoms. The van der Waals surface area contributed by atoms with Gasteiger partial charge in [0, 0.05) is 61.7 Å². The maximum absolute atomic E-state index is 7.19. The van der Waals surface area contributed by atoms with Crippen LogP contribution in [-0.2, 0) is 16.2 Å². The fraction of sp³-hybridized carbons (Fsp3) is 0.194. The second-order valence-corrected chi connectivity index (χ2v) is 22.9. The Hall–Kier alpha value is -7.82. The minimum absolute atomic E-state index is 0.000285. The van der Waals surface area contributed by atoms with Gasteiger partial charge in [-0.2, -0.15) is 0 Å². The maximum Gasteiger partial charge on any atom is 0.161 e. The Labute approximate surface area is 417 Å². The topological polar surface area (TPSA) is 24.0 Å². The van der Waals surface area contributed by atoms with Crippen LogP contribution in [0.5, 0.6) is 0 Å². The van der Waals surface area contributed by atoms with Crippen molar-refractivity contribution in [3.05, 3.63) is 210 Å². The normalized spacial score (nSPS) is 12.6. The third kappa shape index (κ3) is 7.60. The lowest BCUT2D eigenvalue weighted by atomic mass is 9.86. The first kappa shape index (κ1) is 44.4. The highest BCUT2D eigenvalue weighted by molar-refractivity contribution is 6.28. The molecule has 0 N–H and O–H groups in total. The molecule has 0 spiro atoms. The Morgan fingerprint density at radius 2 is 0.915 bits per heavy atom. The van der Waals surface area contributed by atoms with Crippen molar-refractivity contribution in [3.8, 4) is 11.1 Å². The molecule has 12 rings (SSSR count). The monoisotopic (exact) mass is 923 g/mol. The summed E-state index contributed by atoms with van der Waals surface area (Å²) in [7, 11) is 0. The predicted octanol–water partition coefficient (Wildman–Crippen LogP) is 19.5. The molecule has 0 aliphatic heterocycles. The molecule has 0 saturated heterocycles. The lowest BCUT2D eigenvalue weighted by Crippen LogP contribution is -2.15. The SMILES string of the molecule is Cc1ccc(N(c2cccc(C(C)(C)C)c2)c2ccc3c(c2)oc2c4cc(-c5ccccc5)cc5c6cc7ccc(N(c8ccc(C(C)(C)C)cc8)c8cccc(C(C)(C)C)c8)cc7cc6n(c54)c32)cc1. The summed E-state index contributed by atoms with van der Waals surface area (Å²) >= 11 is 0. The number of nitrogens with zero attached hydrogens (tertiary/aromatic N) is 3. The van der Waals surface area contributed by atoms with Crippen LogP contribution in [0.1, 0.15) is 84.6 Å². The van der Waals surface area contributed by atoms with Crippen LogP contribution in [0.2, 0.25) is 0 Å². The smallest absolute Gasteiger partial charge is 0.161 e. The largest absolute Gasteiger partial charge is 0.454 e. The number of hydrogen-bond donors (Lipinski definition) is 0. The van der Waals surface area contributed by atoms with Crippen LogP contribution in [0.4, 0.5) is 34.1 Å². The number of furan rings is 1. The third-order valence-electron chi connectivity index (χ3n) is 14.8. The number of benzene rings is 9. The Morgan fingerprint density at radius 1 is 0.366 bits per heavy atom. The Kier molecular flexibility index (Phi) is 10.1. The number of fused-ring (bicyclic) bond motifs is 9. The van der Waals surface area contributed by atoms with E-state index in [9.17, 15) is 0 Å². The van der Waals surface area contributed by atoms with Crippen LogP contribution in [0.3, 0.4) is 0 Å². The van der Waals surface area contributed by atoms with Gasteiger partial charge in [0.05, 0.1) is 11.0 Å². The van der Waals surface area contributed by atoms with Crippen molar-refractivity contribution >= 4 is 94.2 Å². The first-order chi connectivity index (χ1) is 34.0. The molecule has 0 atom stereocenters. The van der Waals surface area contributed by atoms with E-state index in [1.54, 1.807) is 0 Å². The molecule has 0 bridgehead atoms. The van der Waals surface area contributed by atoms with Gasteiger partial charge >= 0.3 is 0 Å². The van der Waals surface area contributed by atoms with Crippen molar-refractivity contribution in [1.29, 1.82) is 0 Å². The summed E-state index contributed by atoms with van der Waals surface area (Å²) in [5.74, 6) is 0. The van der Waals surface area contributed by atoms with Crippen LogP contribution < -0.4 is 9.80 Å². The minimum atomic E-state index is 0.000285. The van der Waals surface area contributed by atoms with E-state index in [0.717, 1.165) is 67.1 Å². The molecule has 12 aromatic rings. The second kappa shape index (κ2) is 16.1. The zero-order valence-electron chi connectivity index (χ0n) is 42.6. The number of hydrogen-bond acceptors (Lipinski definition) is 3. The Balaban J connectivity index is 1.09. The van der Waals surface area contributed by atoms with E-state index >= 15 is 0 Å². The molecule has 0 aliphatic carbocycles. The molecule has 4 nitrogen and oxygen atoms in total. The molecule has 0 unspecified atom stereocenters. The van der Waals surface area contributed by atoms with Crippen LogP contribution in [0.25, 0.3) is 71.2 Å². The zero-order valence-corrected chi connectivity index (χ0v) is 42.6. The van der Waals surface area contributed by atoms with Gasteiger partial charge in [-0.15, -0.1) is 0 Å². The summed E-state index contributed by atoms with van der Waals surface area (Å²) in [6.07, 6.45) is 0. The van der Waals surface area contributed by atoms with Crippen molar-refractivity contribution in [2.24, 2.45) is 0 Å². The average molecular weight is 924 g/mol. The number of aryl methyl sites for hydroxylation is 1. The highest BCUT2D eigenvalue weighted by Gasteiger charge is 2.27. The summed E-state index contributed by atoms with van der Waals surface area (Å²) in [4.78, 5) is 4.78. The van der Waals surface area contributed by atoms with E-state index in [0.29, 0.717) is 0 Å². The average Bonchev–Trinajstić information content (AvgIpc) is 3.99. The molecule has 3 heterocycles. The van der Waals surface area contributed by atoms with E-state index in [-0.39, 0.29) is 16.2 Å². The van der Waals surface area contributed by atoms with E-state index in [1.165, 1.54) is 60.4 Å². The predicted molar refractivity (Wildman–Crippen MR) is 304 cm³/mol. The molecule has 3 aromatic heterocycles. The van der Waals surface area contributed by atoms with Gasteiger partial charge in [0.2, 0.25) is 0 Å². The van der Waals surface area contributed by atoms with E-state index in [1.807, 2.05) is 0 Å². The number of rotatable bonds is 7. The molecule has 0 amide bonds. The minimum Gasteiger partial charge on any atom is -0.454 e. The molecule has 0 aliphatic rings. The Bertz CT molecular complexity index is 3980. The van der Waals surface area contributed by atoms with Gasteiger partial charge in [-0.1, -0.05) is 153 Å². The van der Waals surface area contributed by atoms with Crippen molar-refractivity contribution in [2.45, 2.75) is 85.5 Å². The summed E-state index contributed by atoms with van der Waals surface area (Å²) < 4.78 is 9.67.